The van der Waals surface area contributed by atoms with E-state index in [4.69, 9.17) is 15.2 Å². The molecule has 3 N–H and O–H groups in total. The van der Waals surface area contributed by atoms with Gasteiger partial charge in [0.25, 0.3) is 5.91 Å². The van der Waals surface area contributed by atoms with Gasteiger partial charge < -0.3 is 20.5 Å². The highest BCUT2D eigenvalue weighted by Crippen LogP contribution is 2.37. The molecule has 2 fully saturated rings. The van der Waals surface area contributed by atoms with E-state index in [-0.39, 0.29) is 35.4 Å². The summed E-state index contributed by atoms with van der Waals surface area (Å²) in [7, 11) is 1.38. The second kappa shape index (κ2) is 5.61. The van der Waals surface area contributed by atoms with Crippen molar-refractivity contribution in [1.29, 1.82) is 0 Å². The summed E-state index contributed by atoms with van der Waals surface area (Å²) in [5.74, 6) is -0.473. The fourth-order valence-corrected chi connectivity index (χ4v) is 3.17. The SMILES string of the molecule is COc1ccc(C(=O)NC2C(N)C3CCCOC32)cc1F. The summed E-state index contributed by atoms with van der Waals surface area (Å²) in [6, 6.07) is 3.83. The van der Waals surface area contributed by atoms with Crippen molar-refractivity contribution in [2.45, 2.75) is 31.0 Å². The van der Waals surface area contributed by atoms with Crippen molar-refractivity contribution in [1.82, 2.24) is 5.32 Å². The summed E-state index contributed by atoms with van der Waals surface area (Å²) < 4.78 is 24.1. The summed E-state index contributed by atoms with van der Waals surface area (Å²) in [5, 5.41) is 2.85. The third kappa shape index (κ3) is 2.49. The summed E-state index contributed by atoms with van der Waals surface area (Å²) in [6.07, 6.45) is 2.04. The molecule has 1 saturated heterocycles. The Hall–Kier alpha value is -1.66. The molecular formula is C15H19FN2O3. The van der Waals surface area contributed by atoms with Crippen molar-refractivity contribution >= 4 is 5.91 Å². The van der Waals surface area contributed by atoms with Crippen molar-refractivity contribution in [3.63, 3.8) is 0 Å². The monoisotopic (exact) mass is 294 g/mol. The lowest BCUT2D eigenvalue weighted by Gasteiger charge is -2.52. The molecule has 0 spiro atoms. The highest BCUT2D eigenvalue weighted by atomic mass is 19.1. The Balaban J connectivity index is 1.68. The quantitative estimate of drug-likeness (QED) is 0.874. The number of rotatable bonds is 3. The molecule has 1 aromatic rings. The molecule has 1 heterocycles. The molecular weight excluding hydrogens is 275 g/mol. The lowest BCUT2D eigenvalue weighted by atomic mass is 9.68. The van der Waals surface area contributed by atoms with Gasteiger partial charge >= 0.3 is 0 Å². The van der Waals surface area contributed by atoms with E-state index in [0.29, 0.717) is 12.5 Å². The Kier molecular flexibility index (Phi) is 3.82. The number of hydrogen-bond donors (Lipinski definition) is 2. The van der Waals surface area contributed by atoms with Crippen molar-refractivity contribution < 1.29 is 18.7 Å². The van der Waals surface area contributed by atoms with E-state index in [1.54, 1.807) is 0 Å². The zero-order valence-corrected chi connectivity index (χ0v) is 11.8. The van der Waals surface area contributed by atoms with Crippen molar-refractivity contribution in [2.24, 2.45) is 11.7 Å². The molecule has 2 aliphatic rings. The molecule has 5 nitrogen and oxygen atoms in total. The third-order valence-corrected chi connectivity index (χ3v) is 4.39. The number of halogens is 1. The first-order chi connectivity index (χ1) is 10.1. The van der Waals surface area contributed by atoms with Gasteiger partial charge in [0.05, 0.1) is 19.3 Å². The number of carbonyl (C=O) groups is 1. The maximum Gasteiger partial charge on any atom is 0.251 e. The van der Waals surface area contributed by atoms with E-state index >= 15 is 0 Å². The topological polar surface area (TPSA) is 73.6 Å². The van der Waals surface area contributed by atoms with E-state index in [0.717, 1.165) is 18.9 Å². The van der Waals surface area contributed by atoms with Crippen LogP contribution < -0.4 is 15.8 Å². The standard InChI is InChI=1S/C15H19FN2O3/c1-20-11-5-4-8(7-10(11)16)15(19)18-13-12(17)9-3-2-6-21-14(9)13/h4-5,7,9,12-14H,2-3,6,17H2,1H3,(H,18,19). The van der Waals surface area contributed by atoms with Gasteiger partial charge in [0.2, 0.25) is 0 Å². The Labute approximate surface area is 122 Å². The third-order valence-electron chi connectivity index (χ3n) is 4.39. The second-order valence-corrected chi connectivity index (χ2v) is 5.57. The van der Waals surface area contributed by atoms with Crippen LogP contribution in [0.25, 0.3) is 0 Å². The number of amides is 1. The summed E-state index contributed by atoms with van der Waals surface area (Å²) in [4.78, 5) is 12.2. The van der Waals surface area contributed by atoms with Crippen molar-refractivity contribution in [3.8, 4) is 5.75 Å². The van der Waals surface area contributed by atoms with Gasteiger partial charge in [-0.15, -0.1) is 0 Å². The molecule has 0 radical (unpaired) electrons. The predicted octanol–water partition coefficient (Wildman–Crippen LogP) is 1.07. The molecule has 4 unspecified atom stereocenters. The Morgan fingerprint density at radius 3 is 3.05 bits per heavy atom. The maximum atomic E-state index is 13.6. The number of ether oxygens (including phenoxy) is 2. The van der Waals surface area contributed by atoms with Crippen LogP contribution in [0.15, 0.2) is 18.2 Å². The molecule has 0 bridgehead atoms. The van der Waals surface area contributed by atoms with E-state index in [1.165, 1.54) is 19.2 Å². The summed E-state index contributed by atoms with van der Waals surface area (Å²) >= 11 is 0. The first kappa shape index (κ1) is 14.3. The zero-order valence-electron chi connectivity index (χ0n) is 11.8. The average Bonchev–Trinajstić information content (AvgIpc) is 2.51. The summed E-state index contributed by atoms with van der Waals surface area (Å²) in [5.41, 5.74) is 6.34. The fraction of sp³-hybridized carbons (Fsp3) is 0.533. The van der Waals surface area contributed by atoms with Gasteiger partial charge in [-0.2, -0.15) is 0 Å². The molecule has 1 aliphatic heterocycles. The fourth-order valence-electron chi connectivity index (χ4n) is 3.17. The Morgan fingerprint density at radius 2 is 2.33 bits per heavy atom. The van der Waals surface area contributed by atoms with Gasteiger partial charge in [0.1, 0.15) is 0 Å². The maximum absolute atomic E-state index is 13.6. The van der Waals surface area contributed by atoms with Crippen LogP contribution in [-0.2, 0) is 4.74 Å². The van der Waals surface area contributed by atoms with Crippen LogP contribution in [0.3, 0.4) is 0 Å². The van der Waals surface area contributed by atoms with Gasteiger partial charge in [-0.1, -0.05) is 0 Å². The van der Waals surface area contributed by atoms with Gasteiger partial charge in [-0.05, 0) is 31.0 Å². The van der Waals surface area contributed by atoms with Gasteiger partial charge in [-0.25, -0.2) is 4.39 Å². The van der Waals surface area contributed by atoms with Crippen LogP contribution in [-0.4, -0.2) is 37.8 Å². The molecule has 0 aromatic heterocycles. The largest absolute Gasteiger partial charge is 0.494 e. The van der Waals surface area contributed by atoms with Crippen LogP contribution in [0.4, 0.5) is 4.39 Å². The minimum atomic E-state index is -0.560. The molecule has 3 rings (SSSR count). The first-order valence-corrected chi connectivity index (χ1v) is 7.13. The van der Waals surface area contributed by atoms with E-state index in [9.17, 15) is 9.18 Å². The molecule has 4 atom stereocenters. The van der Waals surface area contributed by atoms with Crippen LogP contribution in [0, 0.1) is 11.7 Å². The molecule has 1 aromatic carbocycles. The number of nitrogens with one attached hydrogen (secondary N) is 1. The Bertz CT molecular complexity index is 552. The van der Waals surface area contributed by atoms with Crippen molar-refractivity contribution in [3.05, 3.63) is 29.6 Å². The lowest BCUT2D eigenvalue weighted by molar-refractivity contribution is -0.117. The highest BCUT2D eigenvalue weighted by Gasteiger charge is 2.51. The second-order valence-electron chi connectivity index (χ2n) is 5.57. The van der Waals surface area contributed by atoms with E-state index in [1.807, 2.05) is 0 Å². The lowest BCUT2D eigenvalue weighted by Crippen LogP contribution is -2.72. The molecule has 114 valence electrons. The molecule has 21 heavy (non-hydrogen) atoms. The van der Waals surface area contributed by atoms with Gasteiger partial charge in [0, 0.05) is 24.1 Å². The molecule has 1 saturated carbocycles. The number of benzene rings is 1. The average molecular weight is 294 g/mol. The van der Waals surface area contributed by atoms with Gasteiger partial charge in [0.15, 0.2) is 11.6 Å². The minimum Gasteiger partial charge on any atom is -0.494 e. The van der Waals surface area contributed by atoms with Crippen LogP contribution in [0.1, 0.15) is 23.2 Å². The summed E-state index contributed by atoms with van der Waals surface area (Å²) in [6.45, 7) is 0.706. The van der Waals surface area contributed by atoms with E-state index < -0.39 is 5.82 Å². The van der Waals surface area contributed by atoms with Crippen LogP contribution in [0.2, 0.25) is 0 Å². The molecule has 1 amide bonds. The first-order valence-electron chi connectivity index (χ1n) is 7.13. The zero-order chi connectivity index (χ0) is 15.0. The molecule has 6 heteroatoms. The number of carbonyl (C=O) groups excluding carboxylic acids is 1. The molecule has 1 aliphatic carbocycles. The number of nitrogens with two attached hydrogens (primary N) is 1. The van der Waals surface area contributed by atoms with Crippen LogP contribution in [0.5, 0.6) is 5.75 Å². The minimum absolute atomic E-state index is 0.0132. The normalized spacial score (nSPS) is 31.0. The van der Waals surface area contributed by atoms with Crippen molar-refractivity contribution in [2.75, 3.05) is 13.7 Å². The predicted molar refractivity (Wildman–Crippen MR) is 74.6 cm³/mol. The number of methoxy groups -OCH3 is 1. The van der Waals surface area contributed by atoms with Crippen LogP contribution >= 0.6 is 0 Å². The smallest absolute Gasteiger partial charge is 0.251 e. The van der Waals surface area contributed by atoms with Gasteiger partial charge in [-0.3, -0.25) is 4.79 Å². The highest BCUT2D eigenvalue weighted by molar-refractivity contribution is 5.94. The van der Waals surface area contributed by atoms with E-state index in [2.05, 4.69) is 5.32 Å². The number of fused-ring (bicyclic) bond motifs is 1. The Morgan fingerprint density at radius 1 is 1.52 bits per heavy atom. The number of hydrogen-bond acceptors (Lipinski definition) is 4.